The van der Waals surface area contributed by atoms with Crippen LogP contribution in [0.2, 0.25) is 0 Å². The van der Waals surface area contributed by atoms with Crippen LogP contribution in [0.3, 0.4) is 0 Å². The Morgan fingerprint density at radius 1 is 1.33 bits per heavy atom. The molecule has 1 aliphatic rings. The fraction of sp³-hybridized carbons (Fsp3) is 0.867. The first-order valence-corrected chi connectivity index (χ1v) is 7.78. The summed E-state index contributed by atoms with van der Waals surface area (Å²) in [5.74, 6) is -0.266. The molecule has 0 aromatic rings. The number of hydrogen-bond donors (Lipinski definition) is 2. The topological polar surface area (TPSA) is 72.9 Å². The van der Waals surface area contributed by atoms with Gasteiger partial charge in [0.2, 0.25) is 0 Å². The van der Waals surface area contributed by atoms with Crippen molar-refractivity contribution in [3.63, 3.8) is 0 Å². The molecular weight excluding hydrogens is 270 g/mol. The second-order valence-electron chi connectivity index (χ2n) is 6.60. The van der Waals surface area contributed by atoms with Crippen LogP contribution < -0.4 is 5.32 Å². The zero-order valence-electron chi connectivity index (χ0n) is 13.6. The Balaban J connectivity index is 2.41. The van der Waals surface area contributed by atoms with Crippen molar-refractivity contribution >= 4 is 12.0 Å². The average Bonchev–Trinajstić information content (AvgIpc) is 2.82. The second kappa shape index (κ2) is 8.22. The van der Waals surface area contributed by atoms with Crippen molar-refractivity contribution in [3.8, 4) is 0 Å². The minimum atomic E-state index is -0.974. The number of likely N-dealkylation sites (tertiary alicyclic amines) is 1. The zero-order valence-corrected chi connectivity index (χ0v) is 13.6. The van der Waals surface area contributed by atoms with E-state index in [9.17, 15) is 9.59 Å². The standard InChI is InChI=1S/C15H29N3O3/c1-11(2)8-18(10-14(19)20)15(21)16-7-13-5-6-17(9-13)12(3)4/h11-13H,5-10H2,1-4H3,(H,16,21)(H,19,20). The summed E-state index contributed by atoms with van der Waals surface area (Å²) >= 11 is 0. The first kappa shape index (κ1) is 17.8. The van der Waals surface area contributed by atoms with Gasteiger partial charge in [0.25, 0.3) is 0 Å². The number of amides is 2. The van der Waals surface area contributed by atoms with Gasteiger partial charge in [-0.05, 0) is 38.6 Å². The van der Waals surface area contributed by atoms with E-state index in [2.05, 4.69) is 24.1 Å². The summed E-state index contributed by atoms with van der Waals surface area (Å²) in [7, 11) is 0. The molecule has 122 valence electrons. The van der Waals surface area contributed by atoms with Crippen LogP contribution in [-0.4, -0.2) is 65.7 Å². The number of rotatable bonds is 7. The van der Waals surface area contributed by atoms with Crippen LogP contribution in [-0.2, 0) is 4.79 Å². The Kier molecular flexibility index (Phi) is 6.95. The predicted molar refractivity (Wildman–Crippen MR) is 82.3 cm³/mol. The van der Waals surface area contributed by atoms with Crippen molar-refractivity contribution in [1.29, 1.82) is 0 Å². The van der Waals surface area contributed by atoms with Crippen molar-refractivity contribution in [2.45, 2.75) is 40.2 Å². The maximum Gasteiger partial charge on any atom is 0.323 e. The summed E-state index contributed by atoms with van der Waals surface area (Å²) in [5.41, 5.74) is 0. The molecule has 1 fully saturated rings. The lowest BCUT2D eigenvalue weighted by Crippen LogP contribution is -2.46. The molecule has 1 unspecified atom stereocenters. The van der Waals surface area contributed by atoms with Crippen LogP contribution in [0.25, 0.3) is 0 Å². The molecule has 6 heteroatoms. The molecule has 1 heterocycles. The summed E-state index contributed by atoms with van der Waals surface area (Å²) in [4.78, 5) is 26.7. The van der Waals surface area contributed by atoms with E-state index < -0.39 is 5.97 Å². The summed E-state index contributed by atoms with van der Waals surface area (Å²) in [6.07, 6.45) is 1.08. The molecule has 1 atom stereocenters. The van der Waals surface area contributed by atoms with Crippen LogP contribution >= 0.6 is 0 Å². The molecule has 0 radical (unpaired) electrons. The van der Waals surface area contributed by atoms with Crippen LogP contribution in [0.5, 0.6) is 0 Å². The second-order valence-corrected chi connectivity index (χ2v) is 6.60. The number of hydrogen-bond acceptors (Lipinski definition) is 3. The van der Waals surface area contributed by atoms with Crippen molar-refractivity contribution in [1.82, 2.24) is 15.1 Å². The van der Waals surface area contributed by atoms with Gasteiger partial charge in [-0.2, -0.15) is 0 Å². The molecule has 6 nitrogen and oxygen atoms in total. The summed E-state index contributed by atoms with van der Waals surface area (Å²) in [6, 6.07) is 0.268. The number of nitrogens with one attached hydrogen (secondary N) is 1. The Morgan fingerprint density at radius 2 is 2.00 bits per heavy atom. The van der Waals surface area contributed by atoms with E-state index in [0.29, 0.717) is 25.0 Å². The Hall–Kier alpha value is -1.30. The fourth-order valence-corrected chi connectivity index (χ4v) is 2.67. The van der Waals surface area contributed by atoms with Crippen molar-refractivity contribution in [2.24, 2.45) is 11.8 Å². The van der Waals surface area contributed by atoms with E-state index >= 15 is 0 Å². The molecule has 0 spiro atoms. The summed E-state index contributed by atoms with van der Waals surface area (Å²) in [5, 5.41) is 11.8. The van der Waals surface area contributed by atoms with Gasteiger partial charge in [-0.3, -0.25) is 4.79 Å². The fourth-order valence-electron chi connectivity index (χ4n) is 2.67. The van der Waals surface area contributed by atoms with Crippen LogP contribution in [0.4, 0.5) is 4.79 Å². The van der Waals surface area contributed by atoms with Gasteiger partial charge in [-0.25, -0.2) is 4.79 Å². The third-order valence-electron chi connectivity index (χ3n) is 3.79. The van der Waals surface area contributed by atoms with Gasteiger partial charge in [-0.1, -0.05) is 13.8 Å². The lowest BCUT2D eigenvalue weighted by atomic mass is 10.1. The highest BCUT2D eigenvalue weighted by Crippen LogP contribution is 2.17. The monoisotopic (exact) mass is 299 g/mol. The van der Waals surface area contributed by atoms with Gasteiger partial charge in [0, 0.05) is 25.7 Å². The predicted octanol–water partition coefficient (Wildman–Crippen LogP) is 1.47. The van der Waals surface area contributed by atoms with Crippen LogP contribution in [0.1, 0.15) is 34.1 Å². The van der Waals surface area contributed by atoms with Gasteiger partial charge in [0.05, 0.1) is 0 Å². The minimum absolute atomic E-state index is 0.243. The smallest absolute Gasteiger partial charge is 0.323 e. The molecule has 0 aliphatic carbocycles. The average molecular weight is 299 g/mol. The normalized spacial score (nSPS) is 19.2. The maximum absolute atomic E-state index is 12.1. The molecule has 1 aliphatic heterocycles. The number of carbonyl (C=O) groups is 2. The molecular formula is C15H29N3O3. The number of carboxylic acids is 1. The molecule has 2 N–H and O–H groups in total. The molecule has 1 rings (SSSR count). The molecule has 21 heavy (non-hydrogen) atoms. The van der Waals surface area contributed by atoms with Crippen molar-refractivity contribution in [3.05, 3.63) is 0 Å². The molecule has 0 aromatic heterocycles. The third-order valence-corrected chi connectivity index (χ3v) is 3.79. The lowest BCUT2D eigenvalue weighted by molar-refractivity contribution is -0.137. The molecule has 2 amide bonds. The quantitative estimate of drug-likeness (QED) is 0.746. The molecule has 0 aromatic carbocycles. The SMILES string of the molecule is CC(C)CN(CC(=O)O)C(=O)NCC1CCN(C(C)C)C1. The van der Waals surface area contributed by atoms with Gasteiger partial charge in [0.15, 0.2) is 0 Å². The first-order chi connectivity index (χ1) is 9.79. The van der Waals surface area contributed by atoms with E-state index in [1.165, 1.54) is 4.90 Å². The van der Waals surface area contributed by atoms with E-state index in [0.717, 1.165) is 19.5 Å². The highest BCUT2D eigenvalue weighted by atomic mass is 16.4. The summed E-state index contributed by atoms with van der Waals surface area (Å²) < 4.78 is 0. The Labute approximate surface area is 127 Å². The number of carboxylic acid groups (broad SMARTS) is 1. The molecule has 0 bridgehead atoms. The van der Waals surface area contributed by atoms with Gasteiger partial charge in [0.1, 0.15) is 6.54 Å². The third kappa shape index (κ3) is 6.33. The van der Waals surface area contributed by atoms with Crippen molar-refractivity contribution in [2.75, 3.05) is 32.7 Å². The Bertz CT molecular complexity index is 358. The number of nitrogens with zero attached hydrogens (tertiary/aromatic N) is 2. The van der Waals surface area contributed by atoms with E-state index in [1.807, 2.05) is 13.8 Å². The van der Waals surface area contributed by atoms with Gasteiger partial charge < -0.3 is 20.2 Å². The Morgan fingerprint density at radius 3 is 2.48 bits per heavy atom. The number of carbonyl (C=O) groups excluding carboxylic acids is 1. The van der Waals surface area contributed by atoms with Gasteiger partial charge in [-0.15, -0.1) is 0 Å². The molecule has 1 saturated heterocycles. The van der Waals surface area contributed by atoms with E-state index in [4.69, 9.17) is 5.11 Å². The largest absolute Gasteiger partial charge is 0.480 e. The van der Waals surface area contributed by atoms with Crippen LogP contribution in [0, 0.1) is 11.8 Å². The highest BCUT2D eigenvalue weighted by Gasteiger charge is 2.25. The van der Waals surface area contributed by atoms with Gasteiger partial charge >= 0.3 is 12.0 Å². The molecule has 0 saturated carbocycles. The number of aliphatic carboxylic acids is 1. The van der Waals surface area contributed by atoms with Crippen molar-refractivity contribution < 1.29 is 14.7 Å². The lowest BCUT2D eigenvalue weighted by Gasteiger charge is -2.24. The minimum Gasteiger partial charge on any atom is -0.480 e. The van der Waals surface area contributed by atoms with E-state index in [-0.39, 0.29) is 18.5 Å². The summed E-state index contributed by atoms with van der Waals surface area (Å²) in [6.45, 7) is 11.2. The zero-order chi connectivity index (χ0) is 16.0. The highest BCUT2D eigenvalue weighted by molar-refractivity contribution is 5.80. The first-order valence-electron chi connectivity index (χ1n) is 7.78. The van der Waals surface area contributed by atoms with Crippen LogP contribution in [0.15, 0.2) is 0 Å². The number of urea groups is 1. The van der Waals surface area contributed by atoms with E-state index in [1.54, 1.807) is 0 Å². The maximum atomic E-state index is 12.1.